The van der Waals surface area contributed by atoms with Crippen LogP contribution in [0.15, 0.2) is 39.6 Å². The van der Waals surface area contributed by atoms with Gasteiger partial charge in [-0.15, -0.1) is 0 Å². The van der Waals surface area contributed by atoms with E-state index >= 15 is 0 Å². The van der Waals surface area contributed by atoms with Crippen molar-refractivity contribution >= 4 is 29.2 Å². The van der Waals surface area contributed by atoms with Gasteiger partial charge in [0, 0.05) is 55.8 Å². The summed E-state index contributed by atoms with van der Waals surface area (Å²) in [5.41, 5.74) is 3.41. The number of ether oxygens (including phenoxy) is 8. The lowest BCUT2D eigenvalue weighted by Crippen LogP contribution is -2.34. The summed E-state index contributed by atoms with van der Waals surface area (Å²) in [5.74, 6) is 0.314. The zero-order valence-electron chi connectivity index (χ0n) is 34.2. The molecule has 1 aromatic carbocycles. The number of imidazole rings is 1. The quantitative estimate of drug-likeness (QED) is 0.0394. The van der Waals surface area contributed by atoms with Crippen LogP contribution in [-0.4, -0.2) is 151 Å². The number of aryl methyl sites for hydroxylation is 1. The van der Waals surface area contributed by atoms with Crippen molar-refractivity contribution in [3.8, 4) is 5.75 Å². The number of esters is 1. The van der Waals surface area contributed by atoms with Crippen LogP contribution in [0.25, 0.3) is 11.0 Å². The lowest BCUT2D eigenvalue weighted by Gasteiger charge is -2.26. The van der Waals surface area contributed by atoms with Crippen molar-refractivity contribution in [2.24, 2.45) is 0 Å². The normalized spacial score (nSPS) is 19.3. The van der Waals surface area contributed by atoms with E-state index in [0.717, 1.165) is 51.3 Å². The van der Waals surface area contributed by atoms with Gasteiger partial charge in [0.05, 0.1) is 89.8 Å². The number of carbonyl (C=O) groups excluding carboxylic acids is 1. The molecule has 0 spiro atoms. The number of carbonyl (C=O) groups is 1. The molecule has 1 fully saturated rings. The first-order valence-electron chi connectivity index (χ1n) is 20.1. The van der Waals surface area contributed by atoms with Gasteiger partial charge >= 0.3 is 11.7 Å². The van der Waals surface area contributed by atoms with Crippen LogP contribution in [0.2, 0.25) is 0 Å². The zero-order valence-corrected chi connectivity index (χ0v) is 35.0. The second-order valence-corrected chi connectivity index (χ2v) is 15.0. The maximum atomic E-state index is 12.3. The summed E-state index contributed by atoms with van der Waals surface area (Å²) >= 11 is 5.66. The molecule has 0 radical (unpaired) electrons. The number of aromatic nitrogens is 4. The standard InChI is InChI=1S/C40H59N5O13S/c1-27(2)8-9-43-25-30-33(6-5-31-37(30)45(23-28(43)3)40(59)41-31)56-20-18-54-16-14-52-12-10-51-11-13-53-15-17-55-19-21-57-36(48)7-4-29-24-44(39(50)42-38(29)49)35-22-32(47)34(26-46)58-35/h5-6,8,24,28,32,34-35,46-47H,4,7,9-23,25-26H2,1-3H3,(H,41,59)(H,42,49,50)/t28-,32-,34+,35+/m0/s1. The third-order valence-corrected chi connectivity index (χ3v) is 10.3. The van der Waals surface area contributed by atoms with Gasteiger partial charge in [0.1, 0.15) is 31.3 Å². The molecule has 5 rings (SSSR count). The number of rotatable bonds is 26. The SMILES string of the molecule is CC(C)=CCN1Cc2c(OCCOCCOCCOCCOCCOCCOC(=O)CCc3cn([C@H]4C[C@H](O)[C@@H](CO)O4)c(=O)[nH]c3=O)ccc3[nH]c(=S)n(c23)C[C@@H]1C. The van der Waals surface area contributed by atoms with Gasteiger partial charge in [0.15, 0.2) is 4.77 Å². The first kappa shape index (κ1) is 46.3. The molecule has 0 bridgehead atoms. The fraction of sp³-hybridized carbons (Fsp3) is 0.650. The molecule has 0 saturated carbocycles. The smallest absolute Gasteiger partial charge is 0.330 e. The third kappa shape index (κ3) is 13.9. The molecule has 2 aliphatic rings. The van der Waals surface area contributed by atoms with E-state index < -0.39 is 42.3 Å². The second-order valence-electron chi connectivity index (χ2n) is 14.6. The van der Waals surface area contributed by atoms with Crippen LogP contribution in [0, 0.1) is 4.77 Å². The Morgan fingerprint density at radius 2 is 1.56 bits per heavy atom. The van der Waals surface area contributed by atoms with Crippen LogP contribution in [0.4, 0.5) is 0 Å². The van der Waals surface area contributed by atoms with Crippen molar-refractivity contribution in [1.82, 2.24) is 24.0 Å². The summed E-state index contributed by atoms with van der Waals surface area (Å²) in [6.07, 6.45) is 0.962. The molecule has 0 amide bonds. The molecule has 4 heterocycles. The van der Waals surface area contributed by atoms with Gasteiger partial charge in [-0.1, -0.05) is 11.6 Å². The summed E-state index contributed by atoms with van der Waals surface area (Å²) in [4.78, 5) is 44.7. The van der Waals surface area contributed by atoms with Crippen LogP contribution in [0.5, 0.6) is 5.75 Å². The number of nitrogens with zero attached hydrogens (tertiary/aromatic N) is 3. The van der Waals surface area contributed by atoms with E-state index in [1.165, 1.54) is 11.8 Å². The Labute approximate surface area is 347 Å². The van der Waals surface area contributed by atoms with E-state index in [9.17, 15) is 24.6 Å². The average molecular weight is 850 g/mol. The summed E-state index contributed by atoms with van der Waals surface area (Å²) in [6.45, 7) is 12.8. The van der Waals surface area contributed by atoms with Gasteiger partial charge < -0.3 is 57.7 Å². The minimum atomic E-state index is -0.946. The highest BCUT2D eigenvalue weighted by Crippen LogP contribution is 2.33. The fourth-order valence-electron chi connectivity index (χ4n) is 6.74. The Bertz CT molecular complexity index is 1990. The molecule has 18 nitrogen and oxygen atoms in total. The molecule has 19 heteroatoms. The predicted octanol–water partition coefficient (Wildman–Crippen LogP) is 2.00. The highest BCUT2D eigenvalue weighted by Gasteiger charge is 2.35. The average Bonchev–Trinajstić information content (AvgIpc) is 3.69. The molecule has 0 unspecified atom stereocenters. The van der Waals surface area contributed by atoms with E-state index in [4.69, 9.17) is 50.1 Å². The van der Waals surface area contributed by atoms with Crippen molar-refractivity contribution in [1.29, 1.82) is 0 Å². The minimum Gasteiger partial charge on any atom is -0.491 e. The van der Waals surface area contributed by atoms with Crippen LogP contribution in [-0.2, 0) is 57.5 Å². The number of hydrogen-bond acceptors (Lipinski definition) is 15. The lowest BCUT2D eigenvalue weighted by atomic mass is 10.1. The van der Waals surface area contributed by atoms with Gasteiger partial charge in [-0.2, -0.15) is 0 Å². The molecule has 2 aliphatic heterocycles. The highest BCUT2D eigenvalue weighted by molar-refractivity contribution is 7.71. The van der Waals surface area contributed by atoms with Crippen molar-refractivity contribution < 1.29 is 52.9 Å². The van der Waals surface area contributed by atoms with Crippen LogP contribution >= 0.6 is 12.2 Å². The Balaban J connectivity index is 0.832. The van der Waals surface area contributed by atoms with E-state index in [-0.39, 0.29) is 38.0 Å². The zero-order chi connectivity index (χ0) is 42.1. The van der Waals surface area contributed by atoms with Gasteiger partial charge in [-0.05, 0) is 51.5 Å². The number of H-pyrrole nitrogens is 2. The van der Waals surface area contributed by atoms with Crippen LogP contribution < -0.4 is 16.0 Å². The number of benzene rings is 1. The predicted molar refractivity (Wildman–Crippen MR) is 218 cm³/mol. The molecule has 2 aromatic heterocycles. The number of nitrogens with one attached hydrogen (secondary N) is 2. The number of aliphatic hydroxyl groups excluding tert-OH is 2. The largest absolute Gasteiger partial charge is 0.491 e. The van der Waals surface area contributed by atoms with Crippen molar-refractivity contribution in [3.63, 3.8) is 0 Å². The first-order chi connectivity index (χ1) is 28.5. The van der Waals surface area contributed by atoms with E-state index in [1.54, 1.807) is 0 Å². The molecular weight excluding hydrogens is 791 g/mol. The molecule has 1 saturated heterocycles. The Hall–Kier alpha value is -3.76. The first-order valence-corrected chi connectivity index (χ1v) is 20.5. The summed E-state index contributed by atoms with van der Waals surface area (Å²) in [6, 6.07) is 4.35. The number of hydrogen-bond donors (Lipinski definition) is 4. The maximum absolute atomic E-state index is 12.3. The molecule has 0 aliphatic carbocycles. The summed E-state index contributed by atoms with van der Waals surface area (Å²) < 4.78 is 48.7. The number of aromatic amines is 2. The lowest BCUT2D eigenvalue weighted by molar-refractivity contribution is -0.145. The van der Waals surface area contributed by atoms with E-state index in [2.05, 4.69) is 46.3 Å². The summed E-state index contributed by atoms with van der Waals surface area (Å²) in [5, 5.41) is 19.3. The summed E-state index contributed by atoms with van der Waals surface area (Å²) in [7, 11) is 0. The Morgan fingerprint density at radius 3 is 2.17 bits per heavy atom. The van der Waals surface area contributed by atoms with E-state index in [1.807, 2.05) is 12.1 Å². The van der Waals surface area contributed by atoms with Crippen molar-refractivity contribution in [2.45, 2.75) is 77.6 Å². The van der Waals surface area contributed by atoms with Crippen molar-refractivity contribution in [2.75, 3.05) is 92.4 Å². The molecule has 3 aromatic rings. The van der Waals surface area contributed by atoms with Gasteiger partial charge in [-0.3, -0.25) is 24.0 Å². The molecular formula is C40H59N5O13S. The van der Waals surface area contributed by atoms with E-state index in [0.29, 0.717) is 72.1 Å². The Kier molecular flexibility index (Phi) is 18.7. The van der Waals surface area contributed by atoms with Gasteiger partial charge in [-0.25, -0.2) is 4.79 Å². The number of aliphatic hydroxyl groups is 2. The molecule has 4 atom stereocenters. The van der Waals surface area contributed by atoms with Crippen LogP contribution in [0.3, 0.4) is 0 Å². The third-order valence-electron chi connectivity index (χ3n) is 9.96. The maximum Gasteiger partial charge on any atom is 0.330 e. The van der Waals surface area contributed by atoms with Crippen LogP contribution in [0.1, 0.15) is 51.0 Å². The second kappa shape index (κ2) is 23.9. The van der Waals surface area contributed by atoms with Crippen molar-refractivity contribution in [3.05, 3.63) is 66.7 Å². The number of allylic oxidation sites excluding steroid dienone is 1. The monoisotopic (exact) mass is 849 g/mol. The van der Waals surface area contributed by atoms with Gasteiger partial charge in [0.2, 0.25) is 0 Å². The Morgan fingerprint density at radius 1 is 0.932 bits per heavy atom. The topological polar surface area (TPSA) is 210 Å². The molecule has 59 heavy (non-hydrogen) atoms. The molecule has 328 valence electrons. The molecule has 4 N–H and O–H groups in total. The fourth-order valence-corrected chi connectivity index (χ4v) is 7.02. The van der Waals surface area contributed by atoms with Gasteiger partial charge in [0.25, 0.3) is 5.56 Å². The highest BCUT2D eigenvalue weighted by atomic mass is 32.1. The minimum absolute atomic E-state index is 0.0310.